The third kappa shape index (κ3) is 2.90. The van der Waals surface area contributed by atoms with E-state index in [0.717, 1.165) is 29.7 Å². The Morgan fingerprint density at radius 1 is 1.18 bits per heavy atom. The van der Waals surface area contributed by atoms with Gasteiger partial charge in [-0.1, -0.05) is 36.4 Å². The quantitative estimate of drug-likeness (QED) is 0.914. The molecule has 0 aliphatic carbocycles. The molecule has 2 aromatic rings. The number of hydrogen-bond donors (Lipinski definition) is 2. The Hall–Kier alpha value is -2.13. The van der Waals surface area contributed by atoms with Crippen LogP contribution in [0.3, 0.4) is 0 Å². The van der Waals surface area contributed by atoms with E-state index in [1.54, 1.807) is 0 Å². The van der Waals surface area contributed by atoms with Gasteiger partial charge < -0.3 is 10.6 Å². The second-order valence-electron chi connectivity index (χ2n) is 5.91. The number of rotatable bonds is 3. The molecule has 1 aliphatic rings. The fraction of sp³-hybridized carbons (Fsp3) is 0.316. The second kappa shape index (κ2) is 6.32. The molecule has 1 aliphatic heterocycles. The largest absolute Gasteiger partial charge is 0.350 e. The van der Waals surface area contributed by atoms with Crippen LogP contribution in [-0.4, -0.2) is 19.0 Å². The minimum Gasteiger partial charge on any atom is -0.350 e. The molecular formula is C19H22N2O. The Morgan fingerprint density at radius 3 is 2.86 bits per heavy atom. The van der Waals surface area contributed by atoms with Crippen molar-refractivity contribution in [3.63, 3.8) is 0 Å². The van der Waals surface area contributed by atoms with Gasteiger partial charge in [-0.15, -0.1) is 0 Å². The van der Waals surface area contributed by atoms with Gasteiger partial charge in [0.15, 0.2) is 0 Å². The number of nitrogens with one attached hydrogen (secondary N) is 2. The van der Waals surface area contributed by atoms with Crippen LogP contribution in [-0.2, 0) is 6.42 Å². The van der Waals surface area contributed by atoms with E-state index in [1.807, 2.05) is 32.0 Å². The number of amides is 1. The molecule has 1 amide bonds. The first-order chi connectivity index (χ1) is 10.7. The normalized spacial score (nSPS) is 16.9. The molecule has 0 aromatic heterocycles. The predicted molar refractivity (Wildman–Crippen MR) is 89.1 cm³/mol. The van der Waals surface area contributed by atoms with Gasteiger partial charge in [-0.2, -0.15) is 0 Å². The second-order valence-corrected chi connectivity index (χ2v) is 5.91. The molecule has 0 saturated heterocycles. The number of fused-ring (bicyclic) bond motifs is 1. The van der Waals surface area contributed by atoms with Gasteiger partial charge in [-0.3, -0.25) is 4.79 Å². The summed E-state index contributed by atoms with van der Waals surface area (Å²) in [6, 6.07) is 14.5. The number of hydrogen-bond acceptors (Lipinski definition) is 2. The van der Waals surface area contributed by atoms with Crippen molar-refractivity contribution in [3.8, 4) is 0 Å². The van der Waals surface area contributed by atoms with Crippen LogP contribution in [0.1, 0.15) is 38.7 Å². The van der Waals surface area contributed by atoms with Gasteiger partial charge in [0.05, 0.1) is 0 Å². The molecule has 0 spiro atoms. The first kappa shape index (κ1) is 14.8. The van der Waals surface area contributed by atoms with Gasteiger partial charge in [0.25, 0.3) is 5.91 Å². The summed E-state index contributed by atoms with van der Waals surface area (Å²) in [5.74, 6) is 0.00561. The summed E-state index contributed by atoms with van der Waals surface area (Å²) in [4.78, 5) is 12.4. The van der Waals surface area contributed by atoms with Gasteiger partial charge in [-0.05, 0) is 55.1 Å². The predicted octanol–water partition coefficient (Wildman–Crippen LogP) is 2.92. The Kier molecular flexibility index (Phi) is 4.25. The molecule has 2 N–H and O–H groups in total. The Labute approximate surface area is 131 Å². The van der Waals surface area contributed by atoms with Crippen LogP contribution >= 0.6 is 0 Å². The lowest BCUT2D eigenvalue weighted by Gasteiger charge is -2.27. The first-order valence-corrected chi connectivity index (χ1v) is 7.82. The van der Waals surface area contributed by atoms with E-state index in [1.165, 1.54) is 11.1 Å². The van der Waals surface area contributed by atoms with E-state index in [2.05, 4.69) is 34.9 Å². The van der Waals surface area contributed by atoms with Crippen molar-refractivity contribution in [1.82, 2.24) is 10.6 Å². The summed E-state index contributed by atoms with van der Waals surface area (Å²) in [7, 11) is 0. The molecule has 1 atom stereocenters. The summed E-state index contributed by atoms with van der Waals surface area (Å²) >= 11 is 0. The van der Waals surface area contributed by atoms with E-state index in [-0.39, 0.29) is 11.9 Å². The van der Waals surface area contributed by atoms with Crippen molar-refractivity contribution >= 4 is 5.91 Å². The highest BCUT2D eigenvalue weighted by molar-refractivity contribution is 5.95. The third-order valence-corrected chi connectivity index (χ3v) is 4.53. The zero-order chi connectivity index (χ0) is 15.5. The SMILES string of the molecule is Cc1cccc(C(=O)NCC2NCCc3ccccc32)c1C. The van der Waals surface area contributed by atoms with Crippen molar-refractivity contribution in [1.29, 1.82) is 0 Å². The molecule has 22 heavy (non-hydrogen) atoms. The van der Waals surface area contributed by atoms with Gasteiger partial charge in [0.2, 0.25) is 0 Å². The molecule has 0 saturated carbocycles. The van der Waals surface area contributed by atoms with Crippen molar-refractivity contribution in [2.75, 3.05) is 13.1 Å². The first-order valence-electron chi connectivity index (χ1n) is 7.82. The molecule has 3 rings (SSSR count). The van der Waals surface area contributed by atoms with E-state index >= 15 is 0 Å². The van der Waals surface area contributed by atoms with Crippen molar-refractivity contribution in [2.45, 2.75) is 26.3 Å². The molecule has 0 fully saturated rings. The molecule has 0 radical (unpaired) electrons. The zero-order valence-electron chi connectivity index (χ0n) is 13.1. The van der Waals surface area contributed by atoms with Gasteiger partial charge in [-0.25, -0.2) is 0 Å². The van der Waals surface area contributed by atoms with Crippen molar-refractivity contribution in [2.24, 2.45) is 0 Å². The summed E-state index contributed by atoms with van der Waals surface area (Å²) < 4.78 is 0. The van der Waals surface area contributed by atoms with Crippen molar-refractivity contribution < 1.29 is 4.79 Å². The zero-order valence-corrected chi connectivity index (χ0v) is 13.1. The van der Waals surface area contributed by atoms with Crippen LogP contribution in [0.15, 0.2) is 42.5 Å². The molecule has 0 bridgehead atoms. The summed E-state index contributed by atoms with van der Waals surface area (Å²) in [6.45, 7) is 5.60. The van der Waals surface area contributed by atoms with Crippen LogP contribution in [0.25, 0.3) is 0 Å². The third-order valence-electron chi connectivity index (χ3n) is 4.53. The average molecular weight is 294 g/mol. The average Bonchev–Trinajstić information content (AvgIpc) is 2.55. The van der Waals surface area contributed by atoms with Crippen LogP contribution in [0.4, 0.5) is 0 Å². The Morgan fingerprint density at radius 2 is 2.00 bits per heavy atom. The number of carbonyl (C=O) groups is 1. The fourth-order valence-electron chi connectivity index (χ4n) is 3.06. The van der Waals surface area contributed by atoms with E-state index in [0.29, 0.717) is 6.54 Å². The lowest BCUT2D eigenvalue weighted by Crippen LogP contribution is -2.39. The maximum absolute atomic E-state index is 12.4. The van der Waals surface area contributed by atoms with Gasteiger partial charge in [0, 0.05) is 18.2 Å². The topological polar surface area (TPSA) is 41.1 Å². The van der Waals surface area contributed by atoms with E-state index < -0.39 is 0 Å². The van der Waals surface area contributed by atoms with Crippen molar-refractivity contribution in [3.05, 3.63) is 70.3 Å². The standard InChI is InChI=1S/C19H22N2O/c1-13-6-5-9-16(14(13)2)19(22)21-12-18-17-8-4-3-7-15(17)10-11-20-18/h3-9,18,20H,10-12H2,1-2H3,(H,21,22). The maximum Gasteiger partial charge on any atom is 0.251 e. The molecular weight excluding hydrogens is 272 g/mol. The smallest absolute Gasteiger partial charge is 0.251 e. The van der Waals surface area contributed by atoms with Gasteiger partial charge in [0.1, 0.15) is 0 Å². The minimum atomic E-state index is 0.00561. The number of carbonyl (C=O) groups excluding carboxylic acids is 1. The van der Waals surface area contributed by atoms with Gasteiger partial charge >= 0.3 is 0 Å². The summed E-state index contributed by atoms with van der Waals surface area (Å²) in [6.07, 6.45) is 1.05. The molecule has 3 heteroatoms. The maximum atomic E-state index is 12.4. The lowest BCUT2D eigenvalue weighted by atomic mass is 9.94. The molecule has 1 heterocycles. The molecule has 2 aromatic carbocycles. The highest BCUT2D eigenvalue weighted by Crippen LogP contribution is 2.22. The molecule has 114 valence electrons. The summed E-state index contributed by atoms with van der Waals surface area (Å²) in [5, 5.41) is 6.57. The van der Waals surface area contributed by atoms with E-state index in [4.69, 9.17) is 0 Å². The summed E-state index contributed by atoms with van der Waals surface area (Å²) in [5.41, 5.74) is 5.65. The van der Waals surface area contributed by atoms with Crippen LogP contribution in [0.2, 0.25) is 0 Å². The highest BCUT2D eigenvalue weighted by Gasteiger charge is 2.20. The minimum absolute atomic E-state index is 0.00561. The Balaban J connectivity index is 1.71. The number of aryl methyl sites for hydroxylation is 1. The molecule has 1 unspecified atom stereocenters. The van der Waals surface area contributed by atoms with Crippen LogP contribution in [0, 0.1) is 13.8 Å². The lowest BCUT2D eigenvalue weighted by molar-refractivity contribution is 0.0948. The number of benzene rings is 2. The molecule has 3 nitrogen and oxygen atoms in total. The van der Waals surface area contributed by atoms with Crippen LogP contribution in [0.5, 0.6) is 0 Å². The fourth-order valence-corrected chi connectivity index (χ4v) is 3.06. The van der Waals surface area contributed by atoms with Crippen LogP contribution < -0.4 is 10.6 Å². The van der Waals surface area contributed by atoms with E-state index in [9.17, 15) is 4.79 Å². The highest BCUT2D eigenvalue weighted by atomic mass is 16.1. The monoisotopic (exact) mass is 294 g/mol. The Bertz CT molecular complexity index is 694.